The molecule has 0 aliphatic heterocycles. The van der Waals surface area contributed by atoms with Gasteiger partial charge in [0.1, 0.15) is 0 Å². The first-order valence-corrected chi connectivity index (χ1v) is 6.49. The third kappa shape index (κ3) is 4.40. The van der Waals surface area contributed by atoms with Crippen LogP contribution < -0.4 is 20.6 Å². The molecule has 19 heavy (non-hydrogen) atoms. The number of nitrogens with one attached hydrogen (secondary N) is 1. The zero-order chi connectivity index (χ0) is 13.7. The van der Waals surface area contributed by atoms with Gasteiger partial charge in [0, 0.05) is 0 Å². The molecule has 102 valence electrons. The van der Waals surface area contributed by atoms with Crippen LogP contribution in [0.3, 0.4) is 0 Å². The van der Waals surface area contributed by atoms with E-state index in [1.807, 2.05) is 18.2 Å². The lowest BCUT2D eigenvalue weighted by atomic mass is 10.2. The van der Waals surface area contributed by atoms with Gasteiger partial charge in [0.05, 0.1) is 19.9 Å². The number of nitrogens with two attached hydrogens (primary N) is 1. The van der Waals surface area contributed by atoms with Gasteiger partial charge in [-0.3, -0.25) is 5.43 Å². The second-order valence-corrected chi connectivity index (χ2v) is 4.84. The van der Waals surface area contributed by atoms with Crippen LogP contribution >= 0.6 is 12.2 Å². The number of thiocarbonyl (C=S) groups is 1. The SMILES string of the molecule is COc1ccc(C=NNC(N)=S)cc1OCC1CC1. The number of benzene rings is 1. The van der Waals surface area contributed by atoms with Crippen molar-refractivity contribution in [3.05, 3.63) is 23.8 Å². The molecule has 1 aromatic carbocycles. The highest BCUT2D eigenvalue weighted by Gasteiger charge is 2.22. The largest absolute Gasteiger partial charge is 0.493 e. The highest BCUT2D eigenvalue weighted by molar-refractivity contribution is 7.80. The van der Waals surface area contributed by atoms with Crippen molar-refractivity contribution in [3.63, 3.8) is 0 Å². The van der Waals surface area contributed by atoms with E-state index in [1.54, 1.807) is 13.3 Å². The maximum absolute atomic E-state index is 5.76. The lowest BCUT2D eigenvalue weighted by Crippen LogP contribution is -2.23. The van der Waals surface area contributed by atoms with Gasteiger partial charge in [-0.25, -0.2) is 0 Å². The Bertz CT molecular complexity index is 487. The molecule has 0 radical (unpaired) electrons. The molecule has 0 bridgehead atoms. The van der Waals surface area contributed by atoms with Crippen molar-refractivity contribution in [3.8, 4) is 11.5 Å². The van der Waals surface area contributed by atoms with E-state index in [0.29, 0.717) is 5.92 Å². The monoisotopic (exact) mass is 279 g/mol. The first-order chi connectivity index (χ1) is 9.19. The standard InChI is InChI=1S/C13H17N3O2S/c1-17-11-5-4-10(7-15-16-13(14)19)6-12(11)18-8-9-2-3-9/h4-7,9H,2-3,8H2,1H3,(H3,14,16,19). The lowest BCUT2D eigenvalue weighted by molar-refractivity contribution is 0.280. The molecule has 2 rings (SSSR count). The minimum Gasteiger partial charge on any atom is -0.493 e. The van der Waals surface area contributed by atoms with Crippen LogP contribution in [0.1, 0.15) is 18.4 Å². The van der Waals surface area contributed by atoms with Crippen LogP contribution in [0.2, 0.25) is 0 Å². The van der Waals surface area contributed by atoms with Gasteiger partial charge in [-0.2, -0.15) is 5.10 Å². The fourth-order valence-electron chi connectivity index (χ4n) is 1.55. The van der Waals surface area contributed by atoms with Crippen molar-refractivity contribution < 1.29 is 9.47 Å². The molecule has 0 unspecified atom stereocenters. The van der Waals surface area contributed by atoms with Gasteiger partial charge in [-0.1, -0.05) is 0 Å². The Morgan fingerprint density at radius 3 is 2.95 bits per heavy atom. The quantitative estimate of drug-likeness (QED) is 0.471. The average molecular weight is 279 g/mol. The number of hydrogen-bond acceptors (Lipinski definition) is 4. The van der Waals surface area contributed by atoms with E-state index in [-0.39, 0.29) is 5.11 Å². The number of hydrogen-bond donors (Lipinski definition) is 2. The van der Waals surface area contributed by atoms with Gasteiger partial charge in [0.2, 0.25) is 0 Å². The van der Waals surface area contributed by atoms with Crippen molar-refractivity contribution in [2.75, 3.05) is 13.7 Å². The Morgan fingerprint density at radius 1 is 1.53 bits per heavy atom. The summed E-state index contributed by atoms with van der Waals surface area (Å²) in [6.07, 6.45) is 4.13. The zero-order valence-corrected chi connectivity index (χ0v) is 11.6. The molecule has 1 aliphatic rings. The Morgan fingerprint density at radius 2 is 2.32 bits per heavy atom. The van der Waals surface area contributed by atoms with E-state index < -0.39 is 0 Å². The van der Waals surface area contributed by atoms with Crippen molar-refractivity contribution in [1.29, 1.82) is 0 Å². The summed E-state index contributed by atoms with van der Waals surface area (Å²) in [6.45, 7) is 0.738. The van der Waals surface area contributed by atoms with Crippen LogP contribution in [0.5, 0.6) is 11.5 Å². The molecule has 1 fully saturated rings. The molecule has 0 aromatic heterocycles. The van der Waals surface area contributed by atoms with Crippen LogP contribution in [0.4, 0.5) is 0 Å². The van der Waals surface area contributed by atoms with Crippen LogP contribution in [-0.4, -0.2) is 25.0 Å². The molecule has 3 N–H and O–H groups in total. The van der Waals surface area contributed by atoms with Gasteiger partial charge in [-0.15, -0.1) is 0 Å². The van der Waals surface area contributed by atoms with Crippen LogP contribution in [-0.2, 0) is 0 Å². The topological polar surface area (TPSA) is 68.9 Å². The fourth-order valence-corrected chi connectivity index (χ4v) is 1.60. The molecule has 0 heterocycles. The summed E-state index contributed by atoms with van der Waals surface area (Å²) in [6, 6.07) is 5.61. The Kier molecular flexibility index (Phi) is 4.57. The third-order valence-corrected chi connectivity index (χ3v) is 2.84. The number of ether oxygens (including phenoxy) is 2. The van der Waals surface area contributed by atoms with Crippen molar-refractivity contribution in [2.45, 2.75) is 12.8 Å². The second kappa shape index (κ2) is 6.38. The summed E-state index contributed by atoms with van der Waals surface area (Å²) in [5.41, 5.74) is 8.68. The van der Waals surface area contributed by atoms with E-state index >= 15 is 0 Å². The zero-order valence-electron chi connectivity index (χ0n) is 10.8. The summed E-state index contributed by atoms with van der Waals surface area (Å²) in [7, 11) is 1.63. The molecule has 5 nitrogen and oxygen atoms in total. The van der Waals surface area contributed by atoms with Crippen molar-refractivity contribution in [1.82, 2.24) is 5.43 Å². The average Bonchev–Trinajstić information content (AvgIpc) is 3.20. The maximum atomic E-state index is 5.76. The highest BCUT2D eigenvalue weighted by atomic mass is 32.1. The van der Waals surface area contributed by atoms with Crippen LogP contribution in [0.25, 0.3) is 0 Å². The summed E-state index contributed by atoms with van der Waals surface area (Å²) in [5.74, 6) is 2.15. The van der Waals surface area contributed by atoms with Gasteiger partial charge < -0.3 is 15.2 Å². The molecule has 1 saturated carbocycles. The maximum Gasteiger partial charge on any atom is 0.184 e. The number of nitrogens with zero attached hydrogens (tertiary/aromatic N) is 1. The highest BCUT2D eigenvalue weighted by Crippen LogP contribution is 2.33. The Hall–Kier alpha value is -1.82. The molecule has 0 atom stereocenters. The summed E-state index contributed by atoms with van der Waals surface area (Å²) in [4.78, 5) is 0. The van der Waals surface area contributed by atoms with E-state index in [4.69, 9.17) is 15.2 Å². The Labute approximate surface area is 117 Å². The molecule has 0 spiro atoms. The van der Waals surface area contributed by atoms with E-state index in [1.165, 1.54) is 12.8 Å². The molecular formula is C13H17N3O2S. The lowest BCUT2D eigenvalue weighted by Gasteiger charge is -2.10. The predicted molar refractivity (Wildman–Crippen MR) is 78.7 cm³/mol. The minimum absolute atomic E-state index is 0.134. The summed E-state index contributed by atoms with van der Waals surface area (Å²) >= 11 is 4.66. The predicted octanol–water partition coefficient (Wildman–Crippen LogP) is 1.65. The molecule has 1 aliphatic carbocycles. The van der Waals surface area contributed by atoms with Gasteiger partial charge in [-0.05, 0) is 54.7 Å². The number of rotatable bonds is 6. The second-order valence-electron chi connectivity index (χ2n) is 4.40. The number of methoxy groups -OCH3 is 1. The minimum atomic E-state index is 0.134. The number of hydrazone groups is 1. The fraction of sp³-hybridized carbons (Fsp3) is 0.385. The molecular weight excluding hydrogens is 262 g/mol. The van der Waals surface area contributed by atoms with Crippen LogP contribution in [0.15, 0.2) is 23.3 Å². The molecule has 6 heteroatoms. The van der Waals surface area contributed by atoms with Gasteiger partial charge in [0.15, 0.2) is 16.6 Å². The first kappa shape index (κ1) is 13.6. The van der Waals surface area contributed by atoms with E-state index in [2.05, 4.69) is 22.7 Å². The normalized spacial score (nSPS) is 14.4. The van der Waals surface area contributed by atoms with Crippen molar-refractivity contribution in [2.24, 2.45) is 16.8 Å². The van der Waals surface area contributed by atoms with Gasteiger partial charge in [0.25, 0.3) is 0 Å². The summed E-state index contributed by atoms with van der Waals surface area (Å²) in [5, 5.41) is 4.04. The van der Waals surface area contributed by atoms with Crippen LogP contribution in [0, 0.1) is 5.92 Å². The smallest absolute Gasteiger partial charge is 0.184 e. The molecule has 1 aromatic rings. The summed E-state index contributed by atoms with van der Waals surface area (Å²) < 4.78 is 11.0. The van der Waals surface area contributed by atoms with Gasteiger partial charge >= 0.3 is 0 Å². The van der Waals surface area contributed by atoms with E-state index in [0.717, 1.165) is 23.7 Å². The first-order valence-electron chi connectivity index (χ1n) is 6.08. The van der Waals surface area contributed by atoms with Crippen molar-refractivity contribution >= 4 is 23.5 Å². The molecule has 0 amide bonds. The molecule has 0 saturated heterocycles. The Balaban J connectivity index is 2.04. The third-order valence-electron chi connectivity index (χ3n) is 2.75. The van der Waals surface area contributed by atoms with E-state index in [9.17, 15) is 0 Å².